The predicted octanol–water partition coefficient (Wildman–Crippen LogP) is 2.11. The molecule has 0 aromatic heterocycles. The molecule has 0 amide bonds. The lowest BCUT2D eigenvalue weighted by Crippen LogP contribution is -2.28. The highest BCUT2D eigenvalue weighted by atomic mass is 16.3. The van der Waals surface area contributed by atoms with Crippen LogP contribution >= 0.6 is 0 Å². The number of hydrogen-bond donors (Lipinski definition) is 1. The molecule has 0 saturated heterocycles. The third kappa shape index (κ3) is 0.698. The van der Waals surface area contributed by atoms with Crippen molar-refractivity contribution in [1.82, 2.24) is 0 Å². The quantitative estimate of drug-likeness (QED) is 0.527. The Balaban J connectivity index is 2.45. The predicted molar refractivity (Wildman–Crippen MR) is 45.2 cm³/mol. The maximum Gasteiger partial charge on any atom is 0.0636 e. The van der Waals surface area contributed by atoms with E-state index in [2.05, 4.69) is 20.8 Å². The topological polar surface area (TPSA) is 20.2 Å². The Morgan fingerprint density at radius 2 is 2.09 bits per heavy atom. The van der Waals surface area contributed by atoms with E-state index in [1.54, 1.807) is 0 Å². The molecule has 3 unspecified atom stereocenters. The molecule has 2 rings (SSSR count). The van der Waals surface area contributed by atoms with Gasteiger partial charge in [0.25, 0.3) is 0 Å². The fraction of sp³-hybridized carbons (Fsp3) is 0.800. The van der Waals surface area contributed by atoms with Crippen LogP contribution in [-0.2, 0) is 0 Å². The number of rotatable bonds is 0. The summed E-state index contributed by atoms with van der Waals surface area (Å²) < 4.78 is 0. The summed E-state index contributed by atoms with van der Waals surface area (Å²) in [4.78, 5) is 0. The van der Waals surface area contributed by atoms with Crippen molar-refractivity contribution in [3.05, 3.63) is 11.1 Å². The van der Waals surface area contributed by atoms with Gasteiger partial charge in [0.15, 0.2) is 0 Å². The summed E-state index contributed by atoms with van der Waals surface area (Å²) in [6, 6.07) is 0. The molecule has 0 aliphatic heterocycles. The maximum atomic E-state index is 9.73. The third-order valence-electron chi connectivity index (χ3n) is 3.97. The number of allylic oxidation sites excluding steroid dienone is 1. The van der Waals surface area contributed by atoms with E-state index in [1.807, 2.05) is 0 Å². The molecule has 1 nitrogen and oxygen atoms in total. The van der Waals surface area contributed by atoms with Crippen molar-refractivity contribution in [2.45, 2.75) is 39.7 Å². The minimum Gasteiger partial charge on any atom is -0.392 e. The van der Waals surface area contributed by atoms with Gasteiger partial charge < -0.3 is 5.11 Å². The molecule has 0 heterocycles. The Bertz CT molecular complexity index is 229. The number of hydrogen-bond acceptors (Lipinski definition) is 1. The Labute approximate surface area is 68.1 Å². The molecule has 2 aliphatic carbocycles. The Hall–Kier alpha value is -0.300. The monoisotopic (exact) mass is 152 g/mol. The molecule has 1 fully saturated rings. The lowest BCUT2D eigenvalue weighted by Gasteiger charge is -2.29. The van der Waals surface area contributed by atoms with Gasteiger partial charge in [-0.15, -0.1) is 0 Å². The van der Waals surface area contributed by atoms with Gasteiger partial charge in [-0.05, 0) is 32.6 Å². The van der Waals surface area contributed by atoms with Crippen LogP contribution in [0.15, 0.2) is 11.1 Å². The summed E-state index contributed by atoms with van der Waals surface area (Å²) in [6.45, 7) is 6.60. The van der Waals surface area contributed by atoms with Crippen LogP contribution in [0.1, 0.15) is 33.6 Å². The van der Waals surface area contributed by atoms with Gasteiger partial charge >= 0.3 is 0 Å². The van der Waals surface area contributed by atoms with Crippen molar-refractivity contribution in [3.63, 3.8) is 0 Å². The van der Waals surface area contributed by atoms with Gasteiger partial charge in [0.1, 0.15) is 0 Å². The molecule has 0 radical (unpaired) electrons. The SMILES string of the molecule is CC1=C(C)C2(C)CC1CC2O. The number of fused-ring (bicyclic) bond motifs is 2. The summed E-state index contributed by atoms with van der Waals surface area (Å²) in [7, 11) is 0. The van der Waals surface area contributed by atoms with E-state index >= 15 is 0 Å². The zero-order valence-corrected chi connectivity index (χ0v) is 7.52. The van der Waals surface area contributed by atoms with E-state index in [-0.39, 0.29) is 11.5 Å². The van der Waals surface area contributed by atoms with E-state index in [9.17, 15) is 5.11 Å². The smallest absolute Gasteiger partial charge is 0.0636 e. The van der Waals surface area contributed by atoms with Gasteiger partial charge in [-0.2, -0.15) is 0 Å². The first-order valence-corrected chi connectivity index (χ1v) is 4.41. The number of aliphatic hydroxyl groups is 1. The van der Waals surface area contributed by atoms with Crippen molar-refractivity contribution in [2.24, 2.45) is 11.3 Å². The van der Waals surface area contributed by atoms with Crippen LogP contribution < -0.4 is 0 Å². The Kier molecular flexibility index (Phi) is 1.26. The molecular formula is C10H16O. The van der Waals surface area contributed by atoms with E-state index in [1.165, 1.54) is 17.6 Å². The molecule has 2 bridgehead atoms. The maximum absolute atomic E-state index is 9.73. The van der Waals surface area contributed by atoms with Crippen LogP contribution in [0.4, 0.5) is 0 Å². The zero-order valence-electron chi connectivity index (χ0n) is 7.52. The molecule has 3 atom stereocenters. The van der Waals surface area contributed by atoms with Crippen LogP contribution in [0.25, 0.3) is 0 Å². The highest BCUT2D eigenvalue weighted by molar-refractivity contribution is 5.33. The molecule has 1 N–H and O–H groups in total. The zero-order chi connectivity index (χ0) is 8.22. The largest absolute Gasteiger partial charge is 0.392 e. The highest BCUT2D eigenvalue weighted by Crippen LogP contribution is 2.56. The molecule has 0 spiro atoms. The van der Waals surface area contributed by atoms with Crippen molar-refractivity contribution in [3.8, 4) is 0 Å². The van der Waals surface area contributed by atoms with E-state index in [0.717, 1.165) is 6.42 Å². The minimum atomic E-state index is -0.0730. The van der Waals surface area contributed by atoms with Gasteiger partial charge in [0.2, 0.25) is 0 Å². The summed E-state index contributed by atoms with van der Waals surface area (Å²) in [6.07, 6.45) is 2.11. The first-order valence-electron chi connectivity index (χ1n) is 4.41. The van der Waals surface area contributed by atoms with Gasteiger partial charge in [-0.25, -0.2) is 0 Å². The normalized spacial score (nSPS) is 49.1. The van der Waals surface area contributed by atoms with E-state index in [0.29, 0.717) is 5.92 Å². The Morgan fingerprint density at radius 3 is 2.45 bits per heavy atom. The van der Waals surface area contributed by atoms with Gasteiger partial charge in [0.05, 0.1) is 6.10 Å². The molecule has 1 heteroatoms. The average Bonchev–Trinajstić information content (AvgIpc) is 2.34. The first-order chi connectivity index (χ1) is 5.05. The van der Waals surface area contributed by atoms with Crippen LogP contribution in [0.3, 0.4) is 0 Å². The lowest BCUT2D eigenvalue weighted by molar-refractivity contribution is 0.0879. The third-order valence-corrected chi connectivity index (χ3v) is 3.97. The number of aliphatic hydroxyl groups excluding tert-OH is 1. The van der Waals surface area contributed by atoms with Crippen molar-refractivity contribution >= 4 is 0 Å². The van der Waals surface area contributed by atoms with Crippen molar-refractivity contribution in [2.75, 3.05) is 0 Å². The average molecular weight is 152 g/mol. The minimum absolute atomic E-state index is 0.0730. The van der Waals surface area contributed by atoms with Crippen LogP contribution in [0.5, 0.6) is 0 Å². The molecule has 11 heavy (non-hydrogen) atoms. The summed E-state index contributed by atoms with van der Waals surface area (Å²) in [5.74, 6) is 0.690. The molecular weight excluding hydrogens is 136 g/mol. The molecule has 62 valence electrons. The molecule has 2 aliphatic rings. The van der Waals surface area contributed by atoms with E-state index in [4.69, 9.17) is 0 Å². The van der Waals surface area contributed by atoms with Gasteiger partial charge in [0, 0.05) is 5.41 Å². The standard InChI is InChI=1S/C10H16O/c1-6-7(2)10(3)5-8(6)4-9(10)11/h8-9,11H,4-5H2,1-3H3. The molecule has 0 aromatic rings. The van der Waals surface area contributed by atoms with Crippen molar-refractivity contribution < 1.29 is 5.11 Å². The summed E-state index contributed by atoms with van der Waals surface area (Å²) in [5.41, 5.74) is 3.12. The fourth-order valence-electron chi connectivity index (χ4n) is 2.75. The van der Waals surface area contributed by atoms with Gasteiger partial charge in [-0.3, -0.25) is 0 Å². The van der Waals surface area contributed by atoms with Gasteiger partial charge in [-0.1, -0.05) is 18.1 Å². The van der Waals surface area contributed by atoms with Crippen molar-refractivity contribution in [1.29, 1.82) is 0 Å². The van der Waals surface area contributed by atoms with E-state index < -0.39 is 0 Å². The molecule has 0 aromatic carbocycles. The second kappa shape index (κ2) is 1.89. The Morgan fingerprint density at radius 1 is 1.45 bits per heavy atom. The second-order valence-corrected chi connectivity index (χ2v) is 4.38. The summed E-state index contributed by atoms with van der Waals surface area (Å²) >= 11 is 0. The first kappa shape index (κ1) is 7.35. The van der Waals surface area contributed by atoms with Crippen LogP contribution in [-0.4, -0.2) is 11.2 Å². The fourth-order valence-corrected chi connectivity index (χ4v) is 2.75. The van der Waals surface area contributed by atoms with Crippen LogP contribution in [0.2, 0.25) is 0 Å². The summed E-state index contributed by atoms with van der Waals surface area (Å²) in [5, 5.41) is 9.73. The lowest BCUT2D eigenvalue weighted by atomic mass is 9.79. The second-order valence-electron chi connectivity index (χ2n) is 4.38. The van der Waals surface area contributed by atoms with Crippen LogP contribution in [0, 0.1) is 11.3 Å². The molecule has 1 saturated carbocycles. The highest BCUT2D eigenvalue weighted by Gasteiger charge is 2.50.